The summed E-state index contributed by atoms with van der Waals surface area (Å²) in [4.78, 5) is 38.7. The Kier molecular flexibility index (Phi) is 6.13. The van der Waals surface area contributed by atoms with Crippen LogP contribution >= 0.6 is 22.9 Å². The van der Waals surface area contributed by atoms with Crippen LogP contribution in [0.2, 0.25) is 5.02 Å². The Labute approximate surface area is 166 Å². The number of carbonyl (C=O) groups excluding carboxylic acids is 3. The lowest BCUT2D eigenvalue weighted by molar-refractivity contribution is -0.121. The van der Waals surface area contributed by atoms with Gasteiger partial charge in [0.2, 0.25) is 11.8 Å². The summed E-state index contributed by atoms with van der Waals surface area (Å²) in [6, 6.07) is 8.58. The summed E-state index contributed by atoms with van der Waals surface area (Å²) in [5.74, 6) is -0.643. The number of carbonyl (C=O) groups is 3. The van der Waals surface area contributed by atoms with Crippen LogP contribution in [-0.2, 0) is 9.59 Å². The third-order valence-corrected chi connectivity index (χ3v) is 5.53. The molecule has 2 heterocycles. The van der Waals surface area contributed by atoms with E-state index in [0.717, 1.165) is 12.8 Å². The van der Waals surface area contributed by atoms with E-state index in [1.54, 1.807) is 29.2 Å². The number of hydrogen-bond donors (Lipinski definition) is 2. The molecule has 2 N–H and O–H groups in total. The molecular weight excluding hydrogens is 386 g/mol. The standard InChI is InChI=1S/C19H20ClN3O3S/c1-12(24)21-16-7-6-14(10-15(16)20)22-18(25)13-4-2-8-23(11-13)19(26)17-5-3-9-27-17/h3,5-7,9-10,13H,2,4,8,11H2,1H3,(H,21,24)(H,22,25). The van der Waals surface area contributed by atoms with E-state index in [4.69, 9.17) is 11.6 Å². The van der Waals surface area contributed by atoms with Gasteiger partial charge in [-0.2, -0.15) is 0 Å². The highest BCUT2D eigenvalue weighted by atomic mass is 35.5. The van der Waals surface area contributed by atoms with Crippen molar-refractivity contribution >= 4 is 52.0 Å². The molecule has 0 spiro atoms. The van der Waals surface area contributed by atoms with Gasteiger partial charge in [0, 0.05) is 25.7 Å². The number of nitrogens with zero attached hydrogens (tertiary/aromatic N) is 1. The van der Waals surface area contributed by atoms with Gasteiger partial charge in [0.25, 0.3) is 5.91 Å². The van der Waals surface area contributed by atoms with E-state index < -0.39 is 0 Å². The zero-order chi connectivity index (χ0) is 19.4. The number of amides is 3. The minimum atomic E-state index is -0.267. The molecule has 0 bridgehead atoms. The van der Waals surface area contributed by atoms with Crippen molar-refractivity contribution in [2.45, 2.75) is 19.8 Å². The van der Waals surface area contributed by atoms with Crippen LogP contribution in [0.1, 0.15) is 29.4 Å². The van der Waals surface area contributed by atoms with Crippen LogP contribution in [0.15, 0.2) is 35.7 Å². The van der Waals surface area contributed by atoms with Gasteiger partial charge in [-0.15, -0.1) is 11.3 Å². The van der Waals surface area contributed by atoms with E-state index in [1.165, 1.54) is 18.3 Å². The fourth-order valence-electron chi connectivity index (χ4n) is 3.06. The summed E-state index contributed by atoms with van der Waals surface area (Å²) in [5.41, 5.74) is 1.05. The molecule has 1 aliphatic rings. The molecule has 2 aromatic rings. The highest BCUT2D eigenvalue weighted by Crippen LogP contribution is 2.27. The van der Waals surface area contributed by atoms with E-state index in [0.29, 0.717) is 34.4 Å². The van der Waals surface area contributed by atoms with E-state index in [9.17, 15) is 14.4 Å². The first kappa shape index (κ1) is 19.4. The predicted molar refractivity (Wildman–Crippen MR) is 107 cm³/mol. The van der Waals surface area contributed by atoms with Crippen molar-refractivity contribution in [3.63, 3.8) is 0 Å². The molecule has 0 radical (unpaired) electrons. The summed E-state index contributed by atoms with van der Waals surface area (Å²) in [5, 5.41) is 7.70. The first-order valence-corrected chi connectivity index (χ1v) is 9.90. The molecule has 0 saturated carbocycles. The number of nitrogens with one attached hydrogen (secondary N) is 2. The van der Waals surface area contributed by atoms with Crippen LogP contribution < -0.4 is 10.6 Å². The second-order valence-corrected chi connectivity index (χ2v) is 7.79. The van der Waals surface area contributed by atoms with Crippen LogP contribution in [0.3, 0.4) is 0 Å². The normalized spacial score (nSPS) is 16.7. The summed E-state index contributed by atoms with van der Waals surface area (Å²) in [6.45, 7) is 2.47. The topological polar surface area (TPSA) is 78.5 Å². The minimum absolute atomic E-state index is 0.0230. The summed E-state index contributed by atoms with van der Waals surface area (Å²) < 4.78 is 0. The van der Waals surface area contributed by atoms with Gasteiger partial charge < -0.3 is 15.5 Å². The number of rotatable bonds is 4. The molecule has 6 nitrogen and oxygen atoms in total. The Bertz CT molecular complexity index is 854. The molecule has 0 aliphatic carbocycles. The summed E-state index contributed by atoms with van der Waals surface area (Å²) >= 11 is 7.55. The van der Waals surface area contributed by atoms with Crippen molar-refractivity contribution in [1.82, 2.24) is 4.90 Å². The van der Waals surface area contributed by atoms with Gasteiger partial charge >= 0.3 is 0 Å². The number of likely N-dealkylation sites (tertiary alicyclic amines) is 1. The summed E-state index contributed by atoms with van der Waals surface area (Å²) in [6.07, 6.45) is 1.52. The second kappa shape index (κ2) is 8.54. The Morgan fingerprint density at radius 3 is 2.70 bits per heavy atom. The van der Waals surface area contributed by atoms with Crippen LogP contribution in [0.25, 0.3) is 0 Å². The molecule has 1 aromatic carbocycles. The highest BCUT2D eigenvalue weighted by molar-refractivity contribution is 7.12. The predicted octanol–water partition coefficient (Wildman–Crippen LogP) is 3.85. The monoisotopic (exact) mass is 405 g/mol. The Morgan fingerprint density at radius 2 is 2.04 bits per heavy atom. The molecule has 1 fully saturated rings. The SMILES string of the molecule is CC(=O)Nc1ccc(NC(=O)C2CCCN(C(=O)c3cccs3)C2)cc1Cl. The smallest absolute Gasteiger partial charge is 0.263 e. The lowest BCUT2D eigenvalue weighted by Gasteiger charge is -2.31. The average Bonchev–Trinajstić information content (AvgIpc) is 3.18. The minimum Gasteiger partial charge on any atom is -0.337 e. The molecule has 8 heteroatoms. The van der Waals surface area contributed by atoms with Crippen molar-refractivity contribution in [3.8, 4) is 0 Å². The van der Waals surface area contributed by atoms with Crippen molar-refractivity contribution in [3.05, 3.63) is 45.6 Å². The molecule has 3 rings (SSSR count). The molecule has 27 heavy (non-hydrogen) atoms. The van der Waals surface area contributed by atoms with Gasteiger partial charge in [-0.05, 0) is 42.5 Å². The maximum absolute atomic E-state index is 12.6. The van der Waals surface area contributed by atoms with Crippen LogP contribution in [-0.4, -0.2) is 35.7 Å². The number of anilines is 2. The lowest BCUT2D eigenvalue weighted by Crippen LogP contribution is -2.43. The molecule has 1 aromatic heterocycles. The zero-order valence-corrected chi connectivity index (χ0v) is 16.4. The number of thiophene rings is 1. The molecule has 1 unspecified atom stereocenters. The molecule has 142 valence electrons. The lowest BCUT2D eigenvalue weighted by atomic mass is 9.97. The van der Waals surface area contributed by atoms with Gasteiger partial charge in [-0.3, -0.25) is 14.4 Å². The second-order valence-electron chi connectivity index (χ2n) is 6.43. The number of piperidine rings is 1. The van der Waals surface area contributed by atoms with Gasteiger partial charge in [-0.1, -0.05) is 17.7 Å². The maximum atomic E-state index is 12.6. The molecule has 3 amide bonds. The zero-order valence-electron chi connectivity index (χ0n) is 14.8. The van der Waals surface area contributed by atoms with Crippen LogP contribution in [0, 0.1) is 5.92 Å². The van der Waals surface area contributed by atoms with Crippen molar-refractivity contribution in [2.75, 3.05) is 23.7 Å². The quantitative estimate of drug-likeness (QED) is 0.810. The molecule has 1 saturated heterocycles. The first-order chi connectivity index (χ1) is 12.9. The Hall–Kier alpha value is -2.38. The van der Waals surface area contributed by atoms with Crippen molar-refractivity contribution in [2.24, 2.45) is 5.92 Å². The van der Waals surface area contributed by atoms with Gasteiger partial charge in [0.05, 0.1) is 21.5 Å². The number of halogens is 1. The van der Waals surface area contributed by atoms with Gasteiger partial charge in [0.1, 0.15) is 0 Å². The third-order valence-electron chi connectivity index (χ3n) is 4.36. The largest absolute Gasteiger partial charge is 0.337 e. The maximum Gasteiger partial charge on any atom is 0.263 e. The number of hydrogen-bond acceptors (Lipinski definition) is 4. The Morgan fingerprint density at radius 1 is 1.22 bits per heavy atom. The van der Waals surface area contributed by atoms with Crippen LogP contribution in [0.4, 0.5) is 11.4 Å². The fourth-order valence-corrected chi connectivity index (χ4v) is 3.98. The molecule has 1 aliphatic heterocycles. The van der Waals surface area contributed by atoms with E-state index in [2.05, 4.69) is 10.6 Å². The van der Waals surface area contributed by atoms with E-state index in [-0.39, 0.29) is 23.6 Å². The van der Waals surface area contributed by atoms with E-state index in [1.807, 2.05) is 11.4 Å². The Balaban J connectivity index is 1.63. The van der Waals surface area contributed by atoms with Crippen molar-refractivity contribution in [1.29, 1.82) is 0 Å². The fraction of sp³-hybridized carbons (Fsp3) is 0.316. The summed E-state index contributed by atoms with van der Waals surface area (Å²) in [7, 11) is 0. The van der Waals surface area contributed by atoms with E-state index >= 15 is 0 Å². The van der Waals surface area contributed by atoms with Gasteiger partial charge in [-0.25, -0.2) is 0 Å². The molecular formula is C19H20ClN3O3S. The van der Waals surface area contributed by atoms with Crippen molar-refractivity contribution < 1.29 is 14.4 Å². The highest BCUT2D eigenvalue weighted by Gasteiger charge is 2.29. The third kappa shape index (κ3) is 4.87. The average molecular weight is 406 g/mol. The first-order valence-electron chi connectivity index (χ1n) is 8.65. The van der Waals surface area contributed by atoms with Crippen LogP contribution in [0.5, 0.6) is 0 Å². The van der Waals surface area contributed by atoms with Gasteiger partial charge in [0.15, 0.2) is 0 Å². The molecule has 1 atom stereocenters. The number of benzene rings is 1.